The summed E-state index contributed by atoms with van der Waals surface area (Å²) in [6, 6.07) is 3.96. The van der Waals surface area contributed by atoms with Gasteiger partial charge in [0.05, 0.1) is 6.10 Å². The van der Waals surface area contributed by atoms with Gasteiger partial charge in [-0.2, -0.15) is 5.10 Å². The van der Waals surface area contributed by atoms with E-state index in [9.17, 15) is 5.11 Å². The fourth-order valence-electron chi connectivity index (χ4n) is 1.92. The second-order valence-corrected chi connectivity index (χ2v) is 4.67. The summed E-state index contributed by atoms with van der Waals surface area (Å²) in [4.78, 5) is 8.32. The highest BCUT2D eigenvalue weighted by molar-refractivity contribution is 5.19. The summed E-state index contributed by atoms with van der Waals surface area (Å²) in [5.41, 5.74) is 1.76. The lowest BCUT2D eigenvalue weighted by Gasteiger charge is -2.13. The average Bonchev–Trinajstić information content (AvgIpc) is 2.77. The van der Waals surface area contributed by atoms with Gasteiger partial charge in [0.2, 0.25) is 0 Å². The summed E-state index contributed by atoms with van der Waals surface area (Å²) >= 11 is 0. The standard InChI is InChI=1S/C13H18N4O/c1-9(2)17-13(15-8-16-17)7-12(18)11-4-5-14-10(3)6-11/h4-6,8-9,12,18H,7H2,1-3H3. The van der Waals surface area contributed by atoms with Gasteiger partial charge in [-0.1, -0.05) is 0 Å². The van der Waals surface area contributed by atoms with Gasteiger partial charge in [-0.3, -0.25) is 4.98 Å². The minimum atomic E-state index is -0.576. The third-order valence-corrected chi connectivity index (χ3v) is 2.82. The third kappa shape index (κ3) is 2.73. The van der Waals surface area contributed by atoms with Crippen molar-refractivity contribution in [2.75, 3.05) is 0 Å². The van der Waals surface area contributed by atoms with Crippen molar-refractivity contribution in [3.05, 3.63) is 41.7 Å². The van der Waals surface area contributed by atoms with E-state index >= 15 is 0 Å². The molecule has 0 aliphatic carbocycles. The lowest BCUT2D eigenvalue weighted by Crippen LogP contribution is -2.12. The van der Waals surface area contributed by atoms with Gasteiger partial charge >= 0.3 is 0 Å². The van der Waals surface area contributed by atoms with Crippen molar-refractivity contribution >= 4 is 0 Å². The first kappa shape index (κ1) is 12.7. The van der Waals surface area contributed by atoms with Crippen LogP contribution in [0.1, 0.15) is 43.1 Å². The lowest BCUT2D eigenvalue weighted by molar-refractivity contribution is 0.173. The number of aromatic nitrogens is 4. The molecule has 0 aromatic carbocycles. The van der Waals surface area contributed by atoms with Crippen molar-refractivity contribution in [3.8, 4) is 0 Å². The molecular formula is C13H18N4O. The van der Waals surface area contributed by atoms with Crippen molar-refractivity contribution in [2.24, 2.45) is 0 Å². The van der Waals surface area contributed by atoms with E-state index in [1.165, 1.54) is 6.33 Å². The van der Waals surface area contributed by atoms with E-state index in [1.807, 2.05) is 37.6 Å². The number of aliphatic hydroxyl groups is 1. The van der Waals surface area contributed by atoms with E-state index in [4.69, 9.17) is 0 Å². The molecule has 0 spiro atoms. The molecule has 2 aromatic heterocycles. The first-order chi connectivity index (χ1) is 8.58. The summed E-state index contributed by atoms with van der Waals surface area (Å²) in [5.74, 6) is 0.798. The van der Waals surface area contributed by atoms with Crippen LogP contribution in [0.5, 0.6) is 0 Å². The highest BCUT2D eigenvalue weighted by atomic mass is 16.3. The number of nitrogens with zero attached hydrogens (tertiary/aromatic N) is 4. The summed E-state index contributed by atoms with van der Waals surface area (Å²) in [6.45, 7) is 6.00. The Bertz CT molecular complexity index is 521. The Morgan fingerprint density at radius 1 is 1.33 bits per heavy atom. The van der Waals surface area contributed by atoms with Gasteiger partial charge < -0.3 is 5.11 Å². The largest absolute Gasteiger partial charge is 0.388 e. The molecule has 1 unspecified atom stereocenters. The number of aryl methyl sites for hydroxylation is 1. The normalized spacial score (nSPS) is 12.9. The highest BCUT2D eigenvalue weighted by Crippen LogP contribution is 2.18. The maximum atomic E-state index is 10.2. The number of pyridine rings is 1. The van der Waals surface area contributed by atoms with E-state index in [0.717, 1.165) is 17.1 Å². The minimum Gasteiger partial charge on any atom is -0.388 e. The monoisotopic (exact) mass is 246 g/mol. The fraction of sp³-hybridized carbons (Fsp3) is 0.462. The van der Waals surface area contributed by atoms with Gasteiger partial charge in [0.1, 0.15) is 12.2 Å². The van der Waals surface area contributed by atoms with E-state index in [-0.39, 0.29) is 6.04 Å². The van der Waals surface area contributed by atoms with E-state index in [0.29, 0.717) is 6.42 Å². The fourth-order valence-corrected chi connectivity index (χ4v) is 1.92. The van der Waals surface area contributed by atoms with Crippen LogP contribution in [0.15, 0.2) is 24.7 Å². The second kappa shape index (κ2) is 5.27. The van der Waals surface area contributed by atoms with Crippen molar-refractivity contribution in [1.29, 1.82) is 0 Å². The van der Waals surface area contributed by atoms with Gasteiger partial charge in [-0.15, -0.1) is 0 Å². The zero-order chi connectivity index (χ0) is 13.1. The molecule has 1 atom stereocenters. The van der Waals surface area contributed by atoms with Crippen LogP contribution in [0.25, 0.3) is 0 Å². The minimum absolute atomic E-state index is 0.244. The molecule has 2 heterocycles. The van der Waals surface area contributed by atoms with Crippen molar-refractivity contribution in [1.82, 2.24) is 19.7 Å². The maximum absolute atomic E-state index is 10.2. The SMILES string of the molecule is Cc1cc(C(O)Cc2ncnn2C(C)C)ccn1. The average molecular weight is 246 g/mol. The molecule has 0 fully saturated rings. The molecular weight excluding hydrogens is 228 g/mol. The number of hydrogen-bond acceptors (Lipinski definition) is 4. The van der Waals surface area contributed by atoms with Crippen LogP contribution in [-0.2, 0) is 6.42 Å². The Labute approximate surface area is 107 Å². The van der Waals surface area contributed by atoms with Crippen LogP contribution in [0.4, 0.5) is 0 Å². The number of hydrogen-bond donors (Lipinski definition) is 1. The van der Waals surface area contributed by atoms with Gasteiger partial charge in [0.15, 0.2) is 0 Å². The zero-order valence-corrected chi connectivity index (χ0v) is 10.9. The van der Waals surface area contributed by atoms with Crippen LogP contribution < -0.4 is 0 Å². The number of aliphatic hydroxyl groups excluding tert-OH is 1. The van der Waals surface area contributed by atoms with E-state index in [2.05, 4.69) is 15.1 Å². The predicted molar refractivity (Wildman–Crippen MR) is 68.0 cm³/mol. The Kier molecular flexibility index (Phi) is 3.72. The van der Waals surface area contributed by atoms with Gasteiger partial charge in [0, 0.05) is 24.4 Å². The molecule has 0 saturated heterocycles. The molecule has 2 rings (SSSR count). The Morgan fingerprint density at radius 2 is 2.11 bits per heavy atom. The molecule has 0 aliphatic rings. The highest BCUT2D eigenvalue weighted by Gasteiger charge is 2.14. The Morgan fingerprint density at radius 3 is 2.78 bits per heavy atom. The van der Waals surface area contributed by atoms with Crippen LogP contribution in [0, 0.1) is 6.92 Å². The Balaban J connectivity index is 2.16. The molecule has 0 amide bonds. The van der Waals surface area contributed by atoms with Crippen LogP contribution in [0.2, 0.25) is 0 Å². The van der Waals surface area contributed by atoms with Gasteiger partial charge in [0.25, 0.3) is 0 Å². The topological polar surface area (TPSA) is 63.8 Å². The molecule has 0 aliphatic heterocycles. The van der Waals surface area contributed by atoms with Crippen LogP contribution in [0.3, 0.4) is 0 Å². The maximum Gasteiger partial charge on any atom is 0.138 e. The van der Waals surface area contributed by atoms with Crippen molar-refractivity contribution in [3.63, 3.8) is 0 Å². The number of rotatable bonds is 4. The summed E-state index contributed by atoms with van der Waals surface area (Å²) < 4.78 is 1.83. The predicted octanol–water partition coefficient (Wildman–Crippen LogP) is 1.84. The van der Waals surface area contributed by atoms with Crippen molar-refractivity contribution in [2.45, 2.75) is 39.3 Å². The van der Waals surface area contributed by atoms with Crippen LogP contribution >= 0.6 is 0 Å². The molecule has 0 radical (unpaired) electrons. The molecule has 1 N–H and O–H groups in total. The first-order valence-corrected chi connectivity index (χ1v) is 6.07. The molecule has 18 heavy (non-hydrogen) atoms. The van der Waals surface area contributed by atoms with E-state index in [1.54, 1.807) is 6.20 Å². The summed E-state index contributed by atoms with van der Waals surface area (Å²) in [7, 11) is 0. The van der Waals surface area contributed by atoms with Crippen molar-refractivity contribution < 1.29 is 5.11 Å². The van der Waals surface area contributed by atoms with Crippen LogP contribution in [-0.4, -0.2) is 24.9 Å². The summed E-state index contributed by atoms with van der Waals surface area (Å²) in [5, 5.41) is 14.4. The van der Waals surface area contributed by atoms with Gasteiger partial charge in [-0.25, -0.2) is 9.67 Å². The molecule has 96 valence electrons. The van der Waals surface area contributed by atoms with E-state index < -0.39 is 6.10 Å². The third-order valence-electron chi connectivity index (χ3n) is 2.82. The zero-order valence-electron chi connectivity index (χ0n) is 10.9. The molecule has 5 heteroatoms. The Hall–Kier alpha value is -1.75. The quantitative estimate of drug-likeness (QED) is 0.894. The molecule has 0 bridgehead atoms. The van der Waals surface area contributed by atoms with Gasteiger partial charge in [-0.05, 0) is 38.5 Å². The first-order valence-electron chi connectivity index (χ1n) is 6.07. The molecule has 0 saturated carbocycles. The smallest absolute Gasteiger partial charge is 0.138 e. The second-order valence-electron chi connectivity index (χ2n) is 4.67. The summed E-state index contributed by atoms with van der Waals surface area (Å²) in [6.07, 6.45) is 3.12. The molecule has 2 aromatic rings. The molecule has 5 nitrogen and oxygen atoms in total. The lowest BCUT2D eigenvalue weighted by atomic mass is 10.1.